The number of hydrogen-bond acceptors (Lipinski definition) is 5. The van der Waals surface area contributed by atoms with Crippen molar-refractivity contribution in [1.82, 2.24) is 24.9 Å². The van der Waals surface area contributed by atoms with E-state index in [0.29, 0.717) is 52.2 Å². The van der Waals surface area contributed by atoms with E-state index in [1.807, 2.05) is 19.9 Å². The van der Waals surface area contributed by atoms with Crippen LogP contribution in [0.25, 0.3) is 11.3 Å². The van der Waals surface area contributed by atoms with Gasteiger partial charge in [0.15, 0.2) is 0 Å². The number of fused-ring (bicyclic) bond motifs is 1. The summed E-state index contributed by atoms with van der Waals surface area (Å²) in [4.78, 5) is 30.3. The number of nitrogens with zero attached hydrogens (tertiary/aromatic N) is 5. The third-order valence-electron chi connectivity index (χ3n) is 5.72. The molecule has 0 radical (unpaired) electrons. The second-order valence-electron chi connectivity index (χ2n) is 7.82. The van der Waals surface area contributed by atoms with Crippen molar-refractivity contribution < 1.29 is 4.79 Å². The molecule has 1 amide bonds. The predicted molar refractivity (Wildman–Crippen MR) is 116 cm³/mol. The summed E-state index contributed by atoms with van der Waals surface area (Å²) in [6.45, 7) is 6.05. The highest BCUT2D eigenvalue weighted by molar-refractivity contribution is 6.37. The summed E-state index contributed by atoms with van der Waals surface area (Å²) in [6.07, 6.45) is 0.482. The number of H-pyrrole nitrogens is 1. The minimum absolute atomic E-state index is 0.175. The van der Waals surface area contributed by atoms with Gasteiger partial charge in [0.05, 0.1) is 40.2 Å². The summed E-state index contributed by atoms with van der Waals surface area (Å²) >= 11 is 6.74. The van der Waals surface area contributed by atoms with Gasteiger partial charge in [-0.25, -0.2) is 4.68 Å². The van der Waals surface area contributed by atoms with E-state index in [9.17, 15) is 14.9 Å². The van der Waals surface area contributed by atoms with Crippen LogP contribution in [0.5, 0.6) is 0 Å². The van der Waals surface area contributed by atoms with Gasteiger partial charge in [-0.3, -0.25) is 9.59 Å². The second-order valence-corrected chi connectivity index (χ2v) is 8.20. The molecule has 1 aliphatic rings. The van der Waals surface area contributed by atoms with Gasteiger partial charge >= 0.3 is 0 Å². The van der Waals surface area contributed by atoms with Crippen LogP contribution in [0.15, 0.2) is 16.9 Å². The molecule has 3 heterocycles. The standard InChI is InChI=1S/C22H21ClN6O2/c1-11-7-12(2)25-21(30)17(11)10-29-6-5-15-14(9-24)8-16(19(23)18(15)22(29)31)20-13(3)26-27-28(20)4/h7-8H,5-6,10H2,1-4H3,(H,25,30). The first-order valence-electron chi connectivity index (χ1n) is 9.83. The molecule has 158 valence electrons. The van der Waals surface area contributed by atoms with Gasteiger partial charge in [-0.1, -0.05) is 16.8 Å². The summed E-state index contributed by atoms with van der Waals surface area (Å²) in [5, 5.41) is 18.1. The normalized spacial score (nSPS) is 13.3. The average molecular weight is 437 g/mol. The second kappa shape index (κ2) is 7.67. The molecule has 3 aromatic rings. The van der Waals surface area contributed by atoms with Crippen molar-refractivity contribution >= 4 is 17.5 Å². The minimum atomic E-state index is -0.295. The first kappa shape index (κ1) is 20.8. The van der Waals surface area contributed by atoms with Crippen LogP contribution in [0, 0.1) is 32.1 Å². The largest absolute Gasteiger partial charge is 0.334 e. The Bertz CT molecular complexity index is 1310. The number of aryl methyl sites for hydroxylation is 4. The molecule has 4 rings (SSSR count). The lowest BCUT2D eigenvalue weighted by atomic mass is 9.90. The maximum atomic E-state index is 13.5. The lowest BCUT2D eigenvalue weighted by Crippen LogP contribution is -2.39. The van der Waals surface area contributed by atoms with Crippen molar-refractivity contribution in [2.45, 2.75) is 33.7 Å². The van der Waals surface area contributed by atoms with Gasteiger partial charge in [0, 0.05) is 30.4 Å². The predicted octanol–water partition coefficient (Wildman–Crippen LogP) is 2.82. The van der Waals surface area contributed by atoms with Gasteiger partial charge in [-0.15, -0.1) is 5.10 Å². The van der Waals surface area contributed by atoms with Crippen molar-refractivity contribution in [3.05, 3.63) is 66.7 Å². The maximum Gasteiger partial charge on any atom is 0.256 e. The van der Waals surface area contributed by atoms with E-state index in [0.717, 1.165) is 11.3 Å². The van der Waals surface area contributed by atoms with Crippen LogP contribution in [0.3, 0.4) is 0 Å². The smallest absolute Gasteiger partial charge is 0.256 e. The number of halogens is 1. The zero-order valence-corrected chi connectivity index (χ0v) is 18.5. The van der Waals surface area contributed by atoms with Crippen molar-refractivity contribution in [3.63, 3.8) is 0 Å². The summed E-state index contributed by atoms with van der Waals surface area (Å²) in [5.74, 6) is -0.295. The number of aromatic amines is 1. The number of benzene rings is 1. The van der Waals surface area contributed by atoms with Gasteiger partial charge in [0.25, 0.3) is 11.5 Å². The Hall–Kier alpha value is -3.44. The van der Waals surface area contributed by atoms with Crippen LogP contribution in [0.4, 0.5) is 0 Å². The lowest BCUT2D eigenvalue weighted by molar-refractivity contribution is 0.0726. The van der Waals surface area contributed by atoms with E-state index < -0.39 is 0 Å². The highest BCUT2D eigenvalue weighted by Crippen LogP contribution is 2.38. The fraction of sp³-hybridized carbons (Fsp3) is 0.318. The van der Waals surface area contributed by atoms with E-state index in [1.54, 1.807) is 29.6 Å². The number of hydrogen-bond donors (Lipinski definition) is 1. The highest BCUT2D eigenvalue weighted by Gasteiger charge is 2.32. The number of pyridine rings is 1. The molecular formula is C22H21ClN6O2. The van der Waals surface area contributed by atoms with Crippen LogP contribution in [0.2, 0.25) is 5.02 Å². The number of aromatic nitrogens is 4. The van der Waals surface area contributed by atoms with Crippen molar-refractivity contribution in [2.75, 3.05) is 6.54 Å². The van der Waals surface area contributed by atoms with Crippen LogP contribution in [0.1, 0.15) is 44.0 Å². The molecular weight excluding hydrogens is 416 g/mol. The third-order valence-corrected chi connectivity index (χ3v) is 6.11. The number of amides is 1. The molecule has 8 nitrogen and oxygen atoms in total. The van der Waals surface area contributed by atoms with E-state index in [1.165, 1.54) is 0 Å². The molecule has 0 saturated carbocycles. The topological polar surface area (TPSA) is 108 Å². The number of carbonyl (C=O) groups is 1. The first-order valence-corrected chi connectivity index (χ1v) is 10.2. The molecule has 2 aromatic heterocycles. The molecule has 0 saturated heterocycles. The van der Waals surface area contributed by atoms with Crippen molar-refractivity contribution in [1.29, 1.82) is 5.26 Å². The van der Waals surface area contributed by atoms with E-state index in [2.05, 4.69) is 21.4 Å². The average Bonchev–Trinajstić information content (AvgIpc) is 3.04. The van der Waals surface area contributed by atoms with E-state index >= 15 is 0 Å². The van der Waals surface area contributed by atoms with Gasteiger partial charge in [0.1, 0.15) is 0 Å². The molecule has 0 aliphatic carbocycles. The Labute approximate surface area is 184 Å². The Balaban J connectivity index is 1.83. The molecule has 1 aromatic carbocycles. The fourth-order valence-corrected chi connectivity index (χ4v) is 4.55. The van der Waals surface area contributed by atoms with Crippen molar-refractivity contribution in [2.24, 2.45) is 7.05 Å². The number of nitriles is 1. The summed E-state index contributed by atoms with van der Waals surface area (Å²) in [6, 6.07) is 5.78. The Morgan fingerprint density at radius 2 is 2.00 bits per heavy atom. The van der Waals surface area contributed by atoms with E-state index in [-0.39, 0.29) is 23.0 Å². The molecule has 0 spiro atoms. The Morgan fingerprint density at radius 3 is 2.61 bits per heavy atom. The monoisotopic (exact) mass is 436 g/mol. The summed E-state index contributed by atoms with van der Waals surface area (Å²) in [5.41, 5.74) is 5.14. The Kier molecular flexibility index (Phi) is 5.15. The molecule has 1 N–H and O–H groups in total. The maximum absolute atomic E-state index is 13.5. The summed E-state index contributed by atoms with van der Waals surface area (Å²) in [7, 11) is 1.73. The van der Waals surface area contributed by atoms with Crippen LogP contribution in [-0.2, 0) is 20.0 Å². The fourth-order valence-electron chi connectivity index (χ4n) is 4.21. The van der Waals surface area contributed by atoms with Crippen LogP contribution >= 0.6 is 11.6 Å². The molecule has 9 heteroatoms. The highest BCUT2D eigenvalue weighted by atomic mass is 35.5. The zero-order chi connectivity index (χ0) is 22.4. The van der Waals surface area contributed by atoms with E-state index in [4.69, 9.17) is 11.6 Å². The van der Waals surface area contributed by atoms with Crippen LogP contribution < -0.4 is 5.56 Å². The molecule has 31 heavy (non-hydrogen) atoms. The Morgan fingerprint density at radius 1 is 1.26 bits per heavy atom. The molecule has 0 fully saturated rings. The zero-order valence-electron chi connectivity index (χ0n) is 17.7. The molecule has 0 atom stereocenters. The van der Waals surface area contributed by atoms with Gasteiger partial charge in [-0.05, 0) is 50.5 Å². The van der Waals surface area contributed by atoms with Crippen LogP contribution in [-0.4, -0.2) is 37.3 Å². The quantitative estimate of drug-likeness (QED) is 0.679. The number of rotatable bonds is 3. The molecule has 1 aliphatic heterocycles. The van der Waals surface area contributed by atoms with Crippen molar-refractivity contribution in [3.8, 4) is 17.3 Å². The summed E-state index contributed by atoms with van der Waals surface area (Å²) < 4.78 is 1.57. The first-order chi connectivity index (χ1) is 14.7. The SMILES string of the molecule is Cc1cc(C)c(CN2CCc3c(C#N)cc(-c4c(C)nnn4C)c(Cl)c3C2=O)c(=O)[nH]1. The van der Waals surface area contributed by atoms with Gasteiger partial charge in [-0.2, -0.15) is 5.26 Å². The third kappa shape index (κ3) is 3.41. The lowest BCUT2D eigenvalue weighted by Gasteiger charge is -2.30. The number of carbonyl (C=O) groups excluding carboxylic acids is 1. The molecule has 0 bridgehead atoms. The molecule has 0 unspecified atom stereocenters. The number of nitrogens with one attached hydrogen (secondary N) is 1. The minimum Gasteiger partial charge on any atom is -0.334 e. The van der Waals surface area contributed by atoms with Gasteiger partial charge < -0.3 is 9.88 Å². The van der Waals surface area contributed by atoms with Gasteiger partial charge in [0.2, 0.25) is 0 Å².